The van der Waals surface area contributed by atoms with Gasteiger partial charge in [-0.2, -0.15) is 4.98 Å². The Kier molecular flexibility index (Phi) is 4.28. The molecule has 0 spiro atoms. The van der Waals surface area contributed by atoms with Crippen molar-refractivity contribution in [3.05, 3.63) is 35.7 Å². The Morgan fingerprint density at radius 3 is 2.50 bits per heavy atom. The molecule has 0 saturated heterocycles. The normalized spacial score (nSPS) is 10.2. The zero-order chi connectivity index (χ0) is 13.0. The maximum absolute atomic E-state index is 5.88. The largest absolute Gasteiger partial charge is 0.489 e. The van der Waals surface area contributed by atoms with Crippen LogP contribution in [0.4, 0.5) is 0 Å². The molecule has 0 fully saturated rings. The summed E-state index contributed by atoms with van der Waals surface area (Å²) in [6.07, 6.45) is 3.35. The van der Waals surface area contributed by atoms with E-state index in [1.54, 1.807) is 11.8 Å². The van der Waals surface area contributed by atoms with Gasteiger partial charge in [0.15, 0.2) is 5.15 Å². The van der Waals surface area contributed by atoms with E-state index in [2.05, 4.69) is 9.97 Å². The highest BCUT2D eigenvalue weighted by Crippen LogP contribution is 2.33. The highest BCUT2D eigenvalue weighted by molar-refractivity contribution is 7.98. The summed E-state index contributed by atoms with van der Waals surface area (Å²) in [7, 11) is 1.49. The van der Waals surface area contributed by atoms with E-state index < -0.39 is 0 Å². The predicted molar refractivity (Wildman–Crippen MR) is 71.9 cm³/mol. The van der Waals surface area contributed by atoms with Gasteiger partial charge >= 0.3 is 0 Å². The van der Waals surface area contributed by atoms with E-state index in [-0.39, 0.29) is 5.15 Å². The van der Waals surface area contributed by atoms with Crippen molar-refractivity contribution in [2.75, 3.05) is 13.4 Å². The number of hydrogen-bond donors (Lipinski definition) is 0. The molecule has 6 heteroatoms. The third kappa shape index (κ3) is 2.86. The third-order valence-electron chi connectivity index (χ3n) is 2.21. The smallest absolute Gasteiger partial charge is 0.267 e. The van der Waals surface area contributed by atoms with Gasteiger partial charge in [-0.3, -0.25) is 0 Å². The lowest BCUT2D eigenvalue weighted by atomic mass is 10.3. The molecule has 0 radical (unpaired) electrons. The van der Waals surface area contributed by atoms with Gasteiger partial charge < -0.3 is 9.47 Å². The van der Waals surface area contributed by atoms with E-state index in [1.807, 2.05) is 30.5 Å². The number of thioether (sulfide) groups is 1. The van der Waals surface area contributed by atoms with E-state index in [9.17, 15) is 0 Å². The molecule has 18 heavy (non-hydrogen) atoms. The van der Waals surface area contributed by atoms with Crippen LogP contribution in [-0.4, -0.2) is 23.3 Å². The van der Waals surface area contributed by atoms with Crippen LogP contribution in [0.2, 0.25) is 5.15 Å². The molecule has 0 unspecified atom stereocenters. The van der Waals surface area contributed by atoms with Gasteiger partial charge in [0.05, 0.1) is 7.11 Å². The van der Waals surface area contributed by atoms with Gasteiger partial charge in [0, 0.05) is 4.90 Å². The van der Waals surface area contributed by atoms with Crippen LogP contribution in [-0.2, 0) is 0 Å². The van der Waals surface area contributed by atoms with Crippen LogP contribution >= 0.6 is 23.4 Å². The molecule has 94 valence electrons. The molecule has 1 heterocycles. The standard InChI is InChI=1S/C12H11ClN2O2S/c1-16-10-11(13)14-7-15-12(10)17-8-3-5-9(18-2)6-4-8/h3-7H,1-2H3. The van der Waals surface area contributed by atoms with Crippen molar-refractivity contribution in [3.8, 4) is 17.4 Å². The first-order chi connectivity index (χ1) is 8.74. The van der Waals surface area contributed by atoms with Gasteiger partial charge in [-0.05, 0) is 30.5 Å². The molecule has 1 aromatic heterocycles. The monoisotopic (exact) mass is 282 g/mol. The van der Waals surface area contributed by atoms with E-state index in [0.717, 1.165) is 4.90 Å². The molecular weight excluding hydrogens is 272 g/mol. The molecule has 0 aliphatic heterocycles. The lowest BCUT2D eigenvalue weighted by Gasteiger charge is -2.09. The maximum atomic E-state index is 5.88. The van der Waals surface area contributed by atoms with Gasteiger partial charge in [-0.1, -0.05) is 11.6 Å². The van der Waals surface area contributed by atoms with E-state index in [4.69, 9.17) is 21.1 Å². The van der Waals surface area contributed by atoms with Crippen LogP contribution in [0.3, 0.4) is 0 Å². The quantitative estimate of drug-likeness (QED) is 0.632. The van der Waals surface area contributed by atoms with Gasteiger partial charge in [0.2, 0.25) is 5.75 Å². The first-order valence-corrected chi connectivity index (χ1v) is 6.71. The Bertz CT molecular complexity index is 534. The van der Waals surface area contributed by atoms with Gasteiger partial charge in [-0.15, -0.1) is 11.8 Å². The SMILES string of the molecule is COc1c(Cl)ncnc1Oc1ccc(SC)cc1. The van der Waals surface area contributed by atoms with Crippen molar-refractivity contribution in [1.29, 1.82) is 0 Å². The van der Waals surface area contributed by atoms with Gasteiger partial charge in [0.25, 0.3) is 5.88 Å². The fraction of sp³-hybridized carbons (Fsp3) is 0.167. The van der Waals surface area contributed by atoms with Crippen molar-refractivity contribution in [2.45, 2.75) is 4.90 Å². The summed E-state index contributed by atoms with van der Waals surface area (Å²) in [4.78, 5) is 8.99. The van der Waals surface area contributed by atoms with Crippen LogP contribution in [0.25, 0.3) is 0 Å². The molecule has 1 aromatic carbocycles. The summed E-state index contributed by atoms with van der Waals surface area (Å²) >= 11 is 7.55. The minimum Gasteiger partial charge on any atom is -0.489 e. The molecule has 0 aliphatic carbocycles. The van der Waals surface area contributed by atoms with Gasteiger partial charge in [0.1, 0.15) is 12.1 Å². The minimum atomic E-state index is 0.225. The number of methoxy groups -OCH3 is 1. The summed E-state index contributed by atoms with van der Waals surface area (Å²) in [5.74, 6) is 1.29. The van der Waals surface area contributed by atoms with Crippen LogP contribution in [0.5, 0.6) is 17.4 Å². The Morgan fingerprint density at radius 1 is 1.17 bits per heavy atom. The number of hydrogen-bond acceptors (Lipinski definition) is 5. The molecular formula is C12H11ClN2O2S. The molecule has 2 rings (SSSR count). The van der Waals surface area contributed by atoms with Crippen LogP contribution in [0, 0.1) is 0 Å². The number of halogens is 1. The molecule has 0 amide bonds. The van der Waals surface area contributed by atoms with Crippen molar-refractivity contribution < 1.29 is 9.47 Å². The topological polar surface area (TPSA) is 44.2 Å². The average molecular weight is 283 g/mol. The summed E-state index contributed by atoms with van der Waals surface area (Å²) in [6, 6.07) is 7.66. The number of rotatable bonds is 4. The number of benzene rings is 1. The molecule has 0 N–H and O–H groups in total. The fourth-order valence-electron chi connectivity index (χ4n) is 1.34. The number of nitrogens with zero attached hydrogens (tertiary/aromatic N) is 2. The zero-order valence-electron chi connectivity index (χ0n) is 9.88. The zero-order valence-corrected chi connectivity index (χ0v) is 11.5. The van der Waals surface area contributed by atoms with Crippen molar-refractivity contribution in [2.24, 2.45) is 0 Å². The average Bonchev–Trinajstić information content (AvgIpc) is 2.40. The van der Waals surface area contributed by atoms with E-state index in [1.165, 1.54) is 13.4 Å². The molecule has 0 bridgehead atoms. The van der Waals surface area contributed by atoms with Crippen molar-refractivity contribution in [1.82, 2.24) is 9.97 Å². The third-order valence-corrected chi connectivity index (χ3v) is 3.22. The number of ether oxygens (including phenoxy) is 2. The highest BCUT2D eigenvalue weighted by atomic mass is 35.5. The Hall–Kier alpha value is -1.46. The van der Waals surface area contributed by atoms with E-state index >= 15 is 0 Å². The predicted octanol–water partition coefficient (Wildman–Crippen LogP) is 3.65. The molecule has 0 saturated carbocycles. The molecule has 4 nitrogen and oxygen atoms in total. The maximum Gasteiger partial charge on any atom is 0.267 e. The summed E-state index contributed by atoms with van der Waals surface area (Å²) in [5.41, 5.74) is 0. The lowest BCUT2D eigenvalue weighted by Crippen LogP contribution is -1.95. The second kappa shape index (κ2) is 5.93. The molecule has 0 aliphatic rings. The lowest BCUT2D eigenvalue weighted by molar-refractivity contribution is 0.367. The van der Waals surface area contributed by atoms with Crippen LogP contribution in [0.1, 0.15) is 0 Å². The molecule has 2 aromatic rings. The Balaban J connectivity index is 2.25. The molecule has 0 atom stereocenters. The number of aromatic nitrogens is 2. The van der Waals surface area contributed by atoms with Crippen molar-refractivity contribution in [3.63, 3.8) is 0 Å². The Morgan fingerprint density at radius 2 is 1.89 bits per heavy atom. The first-order valence-electron chi connectivity index (χ1n) is 5.11. The Labute approximate surface area is 114 Å². The minimum absolute atomic E-state index is 0.225. The van der Waals surface area contributed by atoms with Gasteiger partial charge in [-0.25, -0.2) is 4.98 Å². The summed E-state index contributed by atoms with van der Waals surface area (Å²) < 4.78 is 10.7. The first kappa shape index (κ1) is 13.0. The second-order valence-electron chi connectivity index (χ2n) is 3.28. The second-order valence-corrected chi connectivity index (χ2v) is 4.52. The summed E-state index contributed by atoms with van der Waals surface area (Å²) in [5, 5.41) is 0.225. The van der Waals surface area contributed by atoms with Crippen LogP contribution in [0.15, 0.2) is 35.5 Å². The summed E-state index contributed by atoms with van der Waals surface area (Å²) in [6.45, 7) is 0. The van der Waals surface area contributed by atoms with Crippen molar-refractivity contribution >= 4 is 23.4 Å². The van der Waals surface area contributed by atoms with Crippen LogP contribution < -0.4 is 9.47 Å². The highest BCUT2D eigenvalue weighted by Gasteiger charge is 2.12. The van der Waals surface area contributed by atoms with E-state index in [0.29, 0.717) is 17.4 Å². The fourth-order valence-corrected chi connectivity index (χ4v) is 1.95.